The van der Waals surface area contributed by atoms with Gasteiger partial charge in [0.05, 0.1) is 18.8 Å². The van der Waals surface area contributed by atoms with Crippen molar-refractivity contribution in [2.24, 2.45) is 0 Å². The molecular weight excluding hydrogens is 498 g/mol. The lowest BCUT2D eigenvalue weighted by atomic mass is 10.0. The fourth-order valence-electron chi connectivity index (χ4n) is 5.02. The van der Waals surface area contributed by atoms with E-state index in [1.165, 1.54) is 103 Å². The maximum Gasteiger partial charge on any atom is 0.315 e. The summed E-state index contributed by atoms with van der Waals surface area (Å²) in [5.74, 6) is 0. The van der Waals surface area contributed by atoms with Gasteiger partial charge in [0.25, 0.3) is 0 Å². The minimum atomic E-state index is -0.879. The van der Waals surface area contributed by atoms with Crippen LogP contribution in [0.25, 0.3) is 0 Å². The molecule has 6 nitrogen and oxygen atoms in total. The van der Waals surface area contributed by atoms with E-state index in [2.05, 4.69) is 52.7 Å². The van der Waals surface area contributed by atoms with Gasteiger partial charge >= 0.3 is 6.03 Å². The Morgan fingerprint density at radius 3 is 1.85 bits per heavy atom. The van der Waals surface area contributed by atoms with E-state index in [1.807, 2.05) is 6.08 Å². The van der Waals surface area contributed by atoms with Gasteiger partial charge in [0.2, 0.25) is 0 Å². The number of allylic oxidation sites excluding steroid dienone is 1. The molecule has 1 heterocycles. The van der Waals surface area contributed by atoms with E-state index in [4.69, 9.17) is 0 Å². The minimum absolute atomic E-state index is 0.288. The van der Waals surface area contributed by atoms with Crippen LogP contribution in [0.1, 0.15) is 135 Å². The molecule has 0 aliphatic heterocycles. The molecular formula is C34H62N3O3+. The highest BCUT2D eigenvalue weighted by Crippen LogP contribution is 2.12. The lowest BCUT2D eigenvalue weighted by Crippen LogP contribution is -2.49. The van der Waals surface area contributed by atoms with Gasteiger partial charge in [-0.1, -0.05) is 121 Å². The molecule has 1 aromatic rings. The van der Waals surface area contributed by atoms with E-state index in [9.17, 15) is 15.0 Å². The molecule has 0 aromatic carbocycles. The van der Waals surface area contributed by atoms with Gasteiger partial charge in [0.1, 0.15) is 6.54 Å². The first-order chi connectivity index (χ1) is 19.7. The van der Waals surface area contributed by atoms with Crippen LogP contribution in [0.2, 0.25) is 0 Å². The Labute approximate surface area is 246 Å². The molecule has 0 saturated heterocycles. The summed E-state index contributed by atoms with van der Waals surface area (Å²) in [7, 11) is 0. The summed E-state index contributed by atoms with van der Waals surface area (Å²) in [6.07, 6.45) is 32.0. The Morgan fingerprint density at radius 2 is 1.27 bits per heavy atom. The fourth-order valence-corrected chi connectivity index (χ4v) is 5.02. The van der Waals surface area contributed by atoms with E-state index in [-0.39, 0.29) is 12.6 Å². The van der Waals surface area contributed by atoms with Crippen molar-refractivity contribution < 1.29 is 19.6 Å². The van der Waals surface area contributed by atoms with Gasteiger partial charge < -0.3 is 20.8 Å². The third kappa shape index (κ3) is 21.8. The van der Waals surface area contributed by atoms with Gasteiger partial charge in [-0.15, -0.1) is 0 Å². The SMILES string of the molecule is CCCCCCCCCCNC(=O)N[C@@H](CO)[C@H](O)/C=C/CCCCCCCCCCCCC[n+]1ccccc1. The molecule has 0 unspecified atom stereocenters. The van der Waals surface area contributed by atoms with Crippen LogP contribution in [-0.2, 0) is 6.54 Å². The maximum atomic E-state index is 12.1. The quantitative estimate of drug-likeness (QED) is 0.0515. The van der Waals surface area contributed by atoms with Gasteiger partial charge in [0.15, 0.2) is 12.4 Å². The van der Waals surface area contributed by atoms with Gasteiger partial charge in [0, 0.05) is 25.1 Å². The molecule has 2 atom stereocenters. The van der Waals surface area contributed by atoms with Crippen LogP contribution in [0.15, 0.2) is 42.7 Å². The van der Waals surface area contributed by atoms with E-state index in [0.29, 0.717) is 6.54 Å². The number of rotatable bonds is 27. The van der Waals surface area contributed by atoms with E-state index in [1.54, 1.807) is 6.08 Å². The molecule has 0 spiro atoms. The second-order valence-corrected chi connectivity index (χ2v) is 11.4. The van der Waals surface area contributed by atoms with Crippen molar-refractivity contribution in [3.05, 3.63) is 42.7 Å². The first kappa shape index (κ1) is 36.1. The highest BCUT2D eigenvalue weighted by molar-refractivity contribution is 5.74. The third-order valence-electron chi connectivity index (χ3n) is 7.64. The van der Waals surface area contributed by atoms with E-state index >= 15 is 0 Å². The van der Waals surface area contributed by atoms with Crippen molar-refractivity contribution in [2.45, 2.75) is 154 Å². The molecule has 1 rings (SSSR count). The van der Waals surface area contributed by atoms with Gasteiger partial charge in [-0.2, -0.15) is 0 Å². The van der Waals surface area contributed by atoms with E-state index < -0.39 is 12.1 Å². The second-order valence-electron chi connectivity index (χ2n) is 11.4. The van der Waals surface area contributed by atoms with Gasteiger partial charge in [-0.05, 0) is 25.7 Å². The number of nitrogens with zero attached hydrogens (tertiary/aromatic N) is 1. The molecule has 0 aliphatic rings. The standard InChI is InChI=1S/C34H61N3O3/c1-2-3-4-5-6-15-18-22-27-35-34(40)36-32(31-38)33(39)26-21-17-14-12-10-8-7-9-11-13-16-19-23-28-37-29-24-20-25-30-37/h20-21,24-26,29-30,32-33,38-39H,2-19,22-23,27-28,31H2,1H3,(H-,35,36,40)/p+1/b26-21+/t32-,33+/m0/s1. The van der Waals surface area contributed by atoms with Crippen LogP contribution in [0.4, 0.5) is 4.79 Å². The summed E-state index contributed by atoms with van der Waals surface area (Å²) in [5, 5.41) is 25.5. The number of carbonyl (C=O) groups excluding carboxylic acids is 1. The summed E-state index contributed by atoms with van der Waals surface area (Å²) in [5.41, 5.74) is 0. The number of aromatic nitrogens is 1. The van der Waals surface area contributed by atoms with Crippen molar-refractivity contribution >= 4 is 6.03 Å². The van der Waals surface area contributed by atoms with Crippen LogP contribution in [0.5, 0.6) is 0 Å². The molecule has 40 heavy (non-hydrogen) atoms. The van der Waals surface area contributed by atoms with E-state index in [0.717, 1.165) is 32.2 Å². The zero-order valence-electron chi connectivity index (χ0n) is 25.7. The van der Waals surface area contributed by atoms with Crippen molar-refractivity contribution in [1.29, 1.82) is 0 Å². The smallest absolute Gasteiger partial charge is 0.315 e. The molecule has 0 radical (unpaired) electrons. The number of aliphatic hydroxyl groups is 2. The average molecular weight is 561 g/mol. The fraction of sp³-hybridized carbons (Fsp3) is 0.765. The number of hydrogen-bond acceptors (Lipinski definition) is 3. The minimum Gasteiger partial charge on any atom is -0.394 e. The molecule has 230 valence electrons. The largest absolute Gasteiger partial charge is 0.394 e. The number of hydrogen-bond donors (Lipinski definition) is 4. The molecule has 0 bridgehead atoms. The molecule has 1 aromatic heterocycles. The number of carbonyl (C=O) groups is 1. The Balaban J connectivity index is 1.92. The Morgan fingerprint density at radius 1 is 0.750 bits per heavy atom. The highest BCUT2D eigenvalue weighted by atomic mass is 16.3. The van der Waals surface area contributed by atoms with Gasteiger partial charge in [-0.25, -0.2) is 9.36 Å². The van der Waals surface area contributed by atoms with Crippen molar-refractivity contribution in [3.63, 3.8) is 0 Å². The zero-order valence-corrected chi connectivity index (χ0v) is 25.7. The van der Waals surface area contributed by atoms with Crippen LogP contribution in [0.3, 0.4) is 0 Å². The van der Waals surface area contributed by atoms with Crippen molar-refractivity contribution in [2.75, 3.05) is 13.2 Å². The normalized spacial score (nSPS) is 13.0. The Hall–Kier alpha value is -1.92. The topological polar surface area (TPSA) is 85.5 Å². The van der Waals surface area contributed by atoms with Crippen LogP contribution < -0.4 is 15.2 Å². The summed E-state index contributed by atoms with van der Waals surface area (Å²) < 4.78 is 2.27. The predicted molar refractivity (Wildman–Crippen MR) is 167 cm³/mol. The van der Waals surface area contributed by atoms with Crippen LogP contribution in [0, 0.1) is 0 Å². The summed E-state index contributed by atoms with van der Waals surface area (Å²) in [6, 6.07) is 5.25. The third-order valence-corrected chi connectivity index (χ3v) is 7.64. The predicted octanol–water partition coefficient (Wildman–Crippen LogP) is 7.37. The molecule has 0 aliphatic carbocycles. The van der Waals surface area contributed by atoms with Crippen LogP contribution in [-0.4, -0.2) is 41.5 Å². The average Bonchev–Trinajstić information content (AvgIpc) is 2.97. The highest BCUT2D eigenvalue weighted by Gasteiger charge is 2.17. The summed E-state index contributed by atoms with van der Waals surface area (Å²) in [6.45, 7) is 3.70. The molecule has 0 fully saturated rings. The molecule has 6 heteroatoms. The molecule has 4 N–H and O–H groups in total. The number of aryl methyl sites for hydroxylation is 1. The maximum absolute atomic E-state index is 12.1. The number of pyridine rings is 1. The Kier molecular flexibility index (Phi) is 24.6. The first-order valence-electron chi connectivity index (χ1n) is 16.6. The molecule has 0 saturated carbocycles. The monoisotopic (exact) mass is 560 g/mol. The van der Waals surface area contributed by atoms with Crippen molar-refractivity contribution in [3.8, 4) is 0 Å². The van der Waals surface area contributed by atoms with Crippen molar-refractivity contribution in [1.82, 2.24) is 10.6 Å². The first-order valence-corrected chi connectivity index (χ1v) is 16.6. The summed E-state index contributed by atoms with van der Waals surface area (Å²) >= 11 is 0. The number of nitrogens with one attached hydrogen (secondary N) is 2. The lowest BCUT2D eigenvalue weighted by molar-refractivity contribution is -0.697. The number of urea groups is 1. The second kappa shape index (κ2) is 27.3. The Bertz CT molecular complexity index is 714. The molecule has 2 amide bonds. The van der Waals surface area contributed by atoms with Crippen LogP contribution >= 0.6 is 0 Å². The zero-order chi connectivity index (χ0) is 28.9. The summed E-state index contributed by atoms with van der Waals surface area (Å²) in [4.78, 5) is 12.1. The number of unbranched alkanes of at least 4 members (excludes halogenated alkanes) is 18. The lowest BCUT2D eigenvalue weighted by Gasteiger charge is -2.20. The number of aliphatic hydroxyl groups excluding tert-OH is 2. The number of amides is 2. The van der Waals surface area contributed by atoms with Gasteiger partial charge in [-0.3, -0.25) is 0 Å².